The van der Waals surface area contributed by atoms with E-state index in [2.05, 4.69) is 10.1 Å². The highest BCUT2D eigenvalue weighted by Crippen LogP contribution is 2.16. The van der Waals surface area contributed by atoms with E-state index in [-0.39, 0.29) is 18.0 Å². The molecule has 0 aliphatic rings. The average molecular weight is 329 g/mol. The first-order valence-corrected chi connectivity index (χ1v) is 7.20. The van der Waals surface area contributed by atoms with Crippen LogP contribution in [-0.2, 0) is 30.3 Å². The van der Waals surface area contributed by atoms with Crippen molar-refractivity contribution >= 4 is 29.1 Å². The summed E-state index contributed by atoms with van der Waals surface area (Å²) < 4.78 is 4.42. The summed E-state index contributed by atoms with van der Waals surface area (Å²) in [6.07, 6.45) is 4.73. The predicted molar refractivity (Wildman–Crippen MR) is 89.5 cm³/mol. The van der Waals surface area contributed by atoms with Gasteiger partial charge in [-0.2, -0.15) is 0 Å². The van der Waals surface area contributed by atoms with Gasteiger partial charge in [0.2, 0.25) is 5.91 Å². The fourth-order valence-corrected chi connectivity index (χ4v) is 1.82. The molecule has 1 rings (SSSR count). The molecule has 6 heteroatoms. The van der Waals surface area contributed by atoms with Gasteiger partial charge in [-0.25, -0.2) is 4.79 Å². The molecule has 0 spiro atoms. The van der Waals surface area contributed by atoms with Gasteiger partial charge in [-0.1, -0.05) is 6.07 Å². The van der Waals surface area contributed by atoms with Crippen molar-refractivity contribution < 1.29 is 23.9 Å². The molecule has 0 unspecified atom stereocenters. The Labute approximate surface area is 140 Å². The Hall–Kier alpha value is -3.02. The lowest BCUT2D eigenvalue weighted by atomic mass is 10.0. The fourth-order valence-electron chi connectivity index (χ4n) is 1.82. The monoisotopic (exact) mass is 329 g/mol. The normalized spacial score (nSPS) is 10.8. The minimum Gasteiger partial charge on any atom is -0.466 e. The Morgan fingerprint density at radius 1 is 1.08 bits per heavy atom. The quantitative estimate of drug-likeness (QED) is 0.610. The van der Waals surface area contributed by atoms with E-state index < -0.39 is 11.9 Å². The van der Waals surface area contributed by atoms with E-state index in [0.29, 0.717) is 5.69 Å². The highest BCUT2D eigenvalue weighted by Gasteiger charge is 2.06. The topological polar surface area (TPSA) is 89.5 Å². The second-order valence-corrected chi connectivity index (χ2v) is 5.07. The number of hydrogen-bond donors (Lipinski definition) is 1. The van der Waals surface area contributed by atoms with Crippen molar-refractivity contribution in [1.82, 2.24) is 0 Å². The minimum absolute atomic E-state index is 0.137. The van der Waals surface area contributed by atoms with Gasteiger partial charge in [0.1, 0.15) is 0 Å². The van der Waals surface area contributed by atoms with Crippen LogP contribution in [0.2, 0.25) is 0 Å². The third-order valence-corrected chi connectivity index (χ3v) is 3.05. The van der Waals surface area contributed by atoms with Crippen LogP contribution in [0.3, 0.4) is 0 Å². The smallest absolute Gasteiger partial charge is 0.330 e. The van der Waals surface area contributed by atoms with E-state index in [0.717, 1.165) is 23.3 Å². The summed E-state index contributed by atoms with van der Waals surface area (Å²) >= 11 is 0. The van der Waals surface area contributed by atoms with Crippen LogP contribution in [0, 0.1) is 6.92 Å². The molecule has 1 aromatic carbocycles. The second kappa shape index (κ2) is 9.19. The summed E-state index contributed by atoms with van der Waals surface area (Å²) in [6, 6.07) is 5.12. The zero-order chi connectivity index (χ0) is 18.1. The van der Waals surface area contributed by atoms with Gasteiger partial charge >= 0.3 is 5.97 Å². The molecule has 1 aromatic rings. The molecule has 0 bridgehead atoms. The number of aryl methyl sites for hydroxylation is 1. The average Bonchev–Trinajstić information content (AvgIpc) is 2.53. The third kappa shape index (κ3) is 6.83. The van der Waals surface area contributed by atoms with Gasteiger partial charge in [0.05, 0.1) is 7.11 Å². The molecule has 0 radical (unpaired) electrons. The molecule has 0 fully saturated rings. The molecule has 0 saturated heterocycles. The number of amides is 1. The van der Waals surface area contributed by atoms with Crippen molar-refractivity contribution in [1.29, 1.82) is 0 Å². The summed E-state index contributed by atoms with van der Waals surface area (Å²) in [6.45, 7) is 3.17. The van der Waals surface area contributed by atoms with E-state index in [1.54, 1.807) is 18.2 Å². The number of nitrogens with one attached hydrogen (secondary N) is 1. The number of carbonyl (C=O) groups excluding carboxylic acids is 4. The first kappa shape index (κ1) is 19.0. The Morgan fingerprint density at radius 3 is 2.38 bits per heavy atom. The van der Waals surface area contributed by atoms with Crippen LogP contribution < -0.4 is 5.32 Å². The summed E-state index contributed by atoms with van der Waals surface area (Å²) in [4.78, 5) is 45.1. The van der Waals surface area contributed by atoms with Crippen LogP contribution in [0.15, 0.2) is 42.5 Å². The Kier molecular flexibility index (Phi) is 7.29. The maximum Gasteiger partial charge on any atom is 0.330 e. The molecule has 126 valence electrons. The Balaban J connectivity index is 2.72. The predicted octanol–water partition coefficient (Wildman–Crippen LogP) is 1.92. The lowest BCUT2D eigenvalue weighted by Gasteiger charge is -2.08. The number of methoxy groups -OCH3 is 1. The lowest BCUT2D eigenvalue weighted by molar-refractivity contribution is -0.135. The number of benzene rings is 1. The van der Waals surface area contributed by atoms with Crippen molar-refractivity contribution in [3.8, 4) is 0 Å². The van der Waals surface area contributed by atoms with Crippen LogP contribution >= 0.6 is 0 Å². The van der Waals surface area contributed by atoms with Crippen LogP contribution in [0.4, 0.5) is 5.69 Å². The zero-order valence-corrected chi connectivity index (χ0v) is 13.8. The van der Waals surface area contributed by atoms with E-state index in [1.165, 1.54) is 26.2 Å². The number of hydrogen-bond acceptors (Lipinski definition) is 5. The zero-order valence-electron chi connectivity index (χ0n) is 13.8. The molecule has 24 heavy (non-hydrogen) atoms. The van der Waals surface area contributed by atoms with Crippen LogP contribution in [-0.4, -0.2) is 30.6 Å². The van der Waals surface area contributed by atoms with Gasteiger partial charge in [-0.3, -0.25) is 14.4 Å². The summed E-state index contributed by atoms with van der Waals surface area (Å²) in [5, 5.41) is 2.63. The lowest BCUT2D eigenvalue weighted by Crippen LogP contribution is -2.09. The first-order chi connectivity index (χ1) is 11.3. The minimum atomic E-state index is -0.586. The molecule has 0 heterocycles. The molecular formula is C18H19NO5. The molecule has 0 aliphatic heterocycles. The molecule has 0 aliphatic carbocycles. The first-order valence-electron chi connectivity index (χ1n) is 7.20. The largest absolute Gasteiger partial charge is 0.466 e. The van der Waals surface area contributed by atoms with Gasteiger partial charge in [0.25, 0.3) is 0 Å². The van der Waals surface area contributed by atoms with Crippen molar-refractivity contribution in [3.05, 3.63) is 53.6 Å². The Morgan fingerprint density at radius 2 is 1.79 bits per heavy atom. The van der Waals surface area contributed by atoms with Gasteiger partial charge in [-0.15, -0.1) is 0 Å². The SMILES string of the molecule is COC(=O)/C=C/C(=O)Cc1ccc(NC(=O)/C=C\C(C)=O)cc1C. The summed E-state index contributed by atoms with van der Waals surface area (Å²) in [7, 11) is 1.24. The van der Waals surface area contributed by atoms with E-state index >= 15 is 0 Å². The molecule has 0 aromatic heterocycles. The maximum atomic E-state index is 11.8. The van der Waals surface area contributed by atoms with Crippen molar-refractivity contribution in [2.45, 2.75) is 20.3 Å². The van der Waals surface area contributed by atoms with E-state index in [4.69, 9.17) is 0 Å². The van der Waals surface area contributed by atoms with Gasteiger partial charge in [0, 0.05) is 24.3 Å². The highest BCUT2D eigenvalue weighted by atomic mass is 16.5. The maximum absolute atomic E-state index is 11.8. The number of ketones is 2. The second-order valence-electron chi connectivity index (χ2n) is 5.07. The van der Waals surface area contributed by atoms with Crippen molar-refractivity contribution in [2.24, 2.45) is 0 Å². The fraction of sp³-hybridized carbons (Fsp3) is 0.222. The molecule has 1 N–H and O–H groups in total. The standard InChI is InChI=1S/C18H19NO5/c1-12-10-15(19-17(22)8-4-13(2)20)6-5-14(12)11-16(21)7-9-18(23)24-3/h4-10H,11H2,1-3H3,(H,19,22)/b8-4-,9-7+. The number of allylic oxidation sites excluding steroid dienone is 2. The number of carbonyl (C=O) groups is 4. The molecule has 0 atom stereocenters. The number of anilines is 1. The number of rotatable bonds is 7. The van der Waals surface area contributed by atoms with Crippen LogP contribution in [0.5, 0.6) is 0 Å². The van der Waals surface area contributed by atoms with Gasteiger partial charge in [0.15, 0.2) is 11.6 Å². The highest BCUT2D eigenvalue weighted by molar-refractivity contribution is 6.03. The van der Waals surface area contributed by atoms with Gasteiger partial charge < -0.3 is 10.1 Å². The Bertz CT molecular complexity index is 716. The van der Waals surface area contributed by atoms with Gasteiger partial charge in [-0.05, 0) is 49.3 Å². The summed E-state index contributed by atoms with van der Waals surface area (Å²) in [5.74, 6) is -1.44. The number of ether oxygens (including phenoxy) is 1. The number of esters is 1. The molecule has 6 nitrogen and oxygen atoms in total. The molecule has 0 saturated carbocycles. The van der Waals surface area contributed by atoms with E-state index in [1.807, 2.05) is 6.92 Å². The molecule has 1 amide bonds. The third-order valence-electron chi connectivity index (χ3n) is 3.05. The van der Waals surface area contributed by atoms with Crippen molar-refractivity contribution in [3.63, 3.8) is 0 Å². The van der Waals surface area contributed by atoms with Crippen molar-refractivity contribution in [2.75, 3.05) is 12.4 Å². The molecular weight excluding hydrogens is 310 g/mol. The van der Waals surface area contributed by atoms with Crippen LogP contribution in [0.1, 0.15) is 18.1 Å². The summed E-state index contributed by atoms with van der Waals surface area (Å²) in [5.41, 5.74) is 2.17. The van der Waals surface area contributed by atoms with E-state index in [9.17, 15) is 19.2 Å². The van der Waals surface area contributed by atoms with Crippen LogP contribution in [0.25, 0.3) is 0 Å².